The molecule has 0 fully saturated rings. The summed E-state index contributed by atoms with van der Waals surface area (Å²) in [5.74, 6) is 0. The number of aliphatic hydroxyl groups excluding tert-OH is 1. The molecular weight excluding hydrogens is 154 g/mol. The molecule has 64 valence electrons. The lowest BCUT2D eigenvalue weighted by Crippen LogP contribution is -2.11. The average Bonchev–Trinajstić information content (AvgIpc) is 2.48. The second kappa shape index (κ2) is 2.77. The Hall–Kier alpha value is -1.06. The molecule has 3 heteroatoms. The highest BCUT2D eigenvalue weighted by Gasteiger charge is 2.19. The molecule has 0 atom stereocenters. The van der Waals surface area contributed by atoms with Gasteiger partial charge in [-0.15, -0.1) is 0 Å². The fraction of sp³-hybridized carbons (Fsp3) is 0.333. The number of hydrogen-bond donors (Lipinski definition) is 1. The molecule has 1 aliphatic rings. The monoisotopic (exact) mass is 165 g/mol. The highest BCUT2D eigenvalue weighted by molar-refractivity contribution is 5.59. The van der Waals surface area contributed by atoms with Gasteiger partial charge in [0.15, 0.2) is 0 Å². The molecule has 1 aromatic rings. The van der Waals surface area contributed by atoms with Crippen LogP contribution in [0.15, 0.2) is 18.2 Å². The van der Waals surface area contributed by atoms with E-state index in [4.69, 9.17) is 9.94 Å². The Bertz CT molecular complexity index is 299. The van der Waals surface area contributed by atoms with Crippen LogP contribution in [0.2, 0.25) is 0 Å². The Morgan fingerprint density at radius 2 is 2.42 bits per heavy atom. The van der Waals surface area contributed by atoms with E-state index in [-0.39, 0.29) is 6.61 Å². The van der Waals surface area contributed by atoms with Crippen molar-refractivity contribution in [2.75, 3.05) is 12.1 Å². The van der Waals surface area contributed by atoms with E-state index >= 15 is 0 Å². The standard InChI is InChI=1S/C9H11NO2/c1-10-9-7(5-11)3-2-4-8(9)6-12-10/h2-4,11H,5-6H2,1H3. The lowest BCUT2D eigenvalue weighted by atomic mass is 10.1. The molecule has 0 amide bonds. The molecule has 0 radical (unpaired) electrons. The first-order chi connectivity index (χ1) is 5.83. The molecular formula is C9H11NO2. The van der Waals surface area contributed by atoms with Gasteiger partial charge in [-0.05, 0) is 0 Å². The molecule has 0 saturated carbocycles. The Labute approximate surface area is 71.1 Å². The van der Waals surface area contributed by atoms with Gasteiger partial charge in [0.25, 0.3) is 0 Å². The maximum Gasteiger partial charge on any atom is 0.102 e. The van der Waals surface area contributed by atoms with Crippen molar-refractivity contribution >= 4 is 5.69 Å². The third-order valence-electron chi connectivity index (χ3n) is 2.10. The lowest BCUT2D eigenvalue weighted by molar-refractivity contribution is 0.131. The summed E-state index contributed by atoms with van der Waals surface area (Å²) in [6.07, 6.45) is 0. The maximum atomic E-state index is 9.04. The number of hydroxylamine groups is 1. The summed E-state index contributed by atoms with van der Waals surface area (Å²) in [5, 5.41) is 10.7. The molecule has 1 heterocycles. The Balaban J connectivity index is 2.53. The molecule has 1 aliphatic heterocycles. The third kappa shape index (κ3) is 0.983. The van der Waals surface area contributed by atoms with Crippen molar-refractivity contribution in [3.63, 3.8) is 0 Å². The zero-order chi connectivity index (χ0) is 8.55. The molecule has 0 bridgehead atoms. The van der Waals surface area contributed by atoms with E-state index in [0.29, 0.717) is 6.61 Å². The molecule has 0 aromatic heterocycles. The van der Waals surface area contributed by atoms with E-state index in [1.54, 1.807) is 5.06 Å². The second-order valence-electron chi connectivity index (χ2n) is 2.85. The molecule has 1 aromatic carbocycles. The second-order valence-corrected chi connectivity index (χ2v) is 2.85. The SMILES string of the molecule is CN1OCc2cccc(CO)c21. The predicted molar refractivity (Wildman–Crippen MR) is 45.6 cm³/mol. The summed E-state index contributed by atoms with van der Waals surface area (Å²) in [6.45, 7) is 0.677. The van der Waals surface area contributed by atoms with Gasteiger partial charge in [0.05, 0.1) is 12.3 Å². The van der Waals surface area contributed by atoms with Gasteiger partial charge in [-0.25, -0.2) is 0 Å². The van der Waals surface area contributed by atoms with Crippen molar-refractivity contribution in [2.24, 2.45) is 0 Å². The predicted octanol–water partition coefficient (Wildman–Crippen LogP) is 1.06. The minimum absolute atomic E-state index is 0.0663. The number of para-hydroxylation sites is 1. The van der Waals surface area contributed by atoms with Crippen LogP contribution >= 0.6 is 0 Å². The first-order valence-corrected chi connectivity index (χ1v) is 3.91. The normalized spacial score (nSPS) is 15.0. The number of rotatable bonds is 1. The van der Waals surface area contributed by atoms with Crippen LogP contribution in [0.25, 0.3) is 0 Å². The maximum absolute atomic E-state index is 9.04. The molecule has 0 aliphatic carbocycles. The topological polar surface area (TPSA) is 32.7 Å². The number of hydrogen-bond acceptors (Lipinski definition) is 3. The van der Waals surface area contributed by atoms with Crippen molar-refractivity contribution in [1.29, 1.82) is 0 Å². The summed E-state index contributed by atoms with van der Waals surface area (Å²) in [5.41, 5.74) is 3.08. The van der Waals surface area contributed by atoms with Gasteiger partial charge in [0, 0.05) is 18.2 Å². The van der Waals surface area contributed by atoms with E-state index in [2.05, 4.69) is 0 Å². The Kier molecular flexibility index (Phi) is 1.75. The molecule has 12 heavy (non-hydrogen) atoms. The zero-order valence-electron chi connectivity index (χ0n) is 6.95. The van der Waals surface area contributed by atoms with Crippen molar-refractivity contribution in [3.05, 3.63) is 29.3 Å². The van der Waals surface area contributed by atoms with Crippen LogP contribution in [0.5, 0.6) is 0 Å². The minimum atomic E-state index is 0.0663. The van der Waals surface area contributed by atoms with Gasteiger partial charge >= 0.3 is 0 Å². The van der Waals surface area contributed by atoms with Gasteiger partial charge in [-0.3, -0.25) is 9.90 Å². The molecule has 0 saturated heterocycles. The van der Waals surface area contributed by atoms with Crippen LogP contribution < -0.4 is 5.06 Å². The van der Waals surface area contributed by atoms with Crippen LogP contribution in [0.4, 0.5) is 5.69 Å². The van der Waals surface area contributed by atoms with Crippen LogP contribution in [0.3, 0.4) is 0 Å². The molecule has 1 N–H and O–H groups in total. The van der Waals surface area contributed by atoms with E-state index in [1.165, 1.54) is 0 Å². The number of fused-ring (bicyclic) bond motifs is 1. The highest BCUT2D eigenvalue weighted by atomic mass is 16.7. The van der Waals surface area contributed by atoms with Crippen molar-refractivity contribution in [3.8, 4) is 0 Å². The molecule has 0 spiro atoms. The van der Waals surface area contributed by atoms with Crippen LogP contribution in [-0.4, -0.2) is 12.2 Å². The van der Waals surface area contributed by atoms with Crippen molar-refractivity contribution in [1.82, 2.24) is 0 Å². The number of aliphatic hydroxyl groups is 1. The summed E-state index contributed by atoms with van der Waals surface area (Å²) in [7, 11) is 1.85. The van der Waals surface area contributed by atoms with Gasteiger partial charge in [-0.2, -0.15) is 0 Å². The van der Waals surface area contributed by atoms with E-state index in [1.807, 2.05) is 25.2 Å². The van der Waals surface area contributed by atoms with Crippen molar-refractivity contribution < 1.29 is 9.94 Å². The average molecular weight is 165 g/mol. The summed E-state index contributed by atoms with van der Waals surface area (Å²) < 4.78 is 0. The highest BCUT2D eigenvalue weighted by Crippen LogP contribution is 2.31. The Morgan fingerprint density at radius 1 is 1.58 bits per heavy atom. The van der Waals surface area contributed by atoms with Crippen LogP contribution in [-0.2, 0) is 18.1 Å². The lowest BCUT2D eigenvalue weighted by Gasteiger charge is -2.13. The fourth-order valence-electron chi connectivity index (χ4n) is 1.52. The third-order valence-corrected chi connectivity index (χ3v) is 2.10. The number of benzene rings is 1. The smallest absolute Gasteiger partial charge is 0.102 e. The van der Waals surface area contributed by atoms with E-state index in [0.717, 1.165) is 16.8 Å². The fourth-order valence-corrected chi connectivity index (χ4v) is 1.52. The number of anilines is 1. The zero-order valence-corrected chi connectivity index (χ0v) is 6.95. The first-order valence-electron chi connectivity index (χ1n) is 3.91. The molecule has 0 unspecified atom stereocenters. The number of nitrogens with zero attached hydrogens (tertiary/aromatic N) is 1. The van der Waals surface area contributed by atoms with Gasteiger partial charge in [-0.1, -0.05) is 18.2 Å². The largest absolute Gasteiger partial charge is 0.392 e. The van der Waals surface area contributed by atoms with Gasteiger partial charge in [0.1, 0.15) is 6.61 Å². The van der Waals surface area contributed by atoms with E-state index in [9.17, 15) is 0 Å². The van der Waals surface area contributed by atoms with Crippen LogP contribution in [0.1, 0.15) is 11.1 Å². The molecule has 3 nitrogen and oxygen atoms in total. The summed E-state index contributed by atoms with van der Waals surface area (Å²) in [6, 6.07) is 5.86. The van der Waals surface area contributed by atoms with Gasteiger partial charge < -0.3 is 5.11 Å². The van der Waals surface area contributed by atoms with Crippen LogP contribution in [0, 0.1) is 0 Å². The quantitative estimate of drug-likeness (QED) is 0.675. The Morgan fingerprint density at radius 3 is 3.17 bits per heavy atom. The first kappa shape index (κ1) is 7.58. The minimum Gasteiger partial charge on any atom is -0.392 e. The summed E-state index contributed by atoms with van der Waals surface area (Å²) in [4.78, 5) is 5.29. The van der Waals surface area contributed by atoms with Crippen molar-refractivity contribution in [2.45, 2.75) is 13.2 Å². The van der Waals surface area contributed by atoms with Gasteiger partial charge in [0.2, 0.25) is 0 Å². The molecule has 2 rings (SSSR count). The summed E-state index contributed by atoms with van der Waals surface area (Å²) >= 11 is 0. The van der Waals surface area contributed by atoms with E-state index < -0.39 is 0 Å².